The van der Waals surface area contributed by atoms with Gasteiger partial charge in [0, 0.05) is 37.6 Å². The molecule has 11 heteroatoms. The summed E-state index contributed by atoms with van der Waals surface area (Å²) in [6.45, 7) is 0.934. The van der Waals surface area contributed by atoms with Gasteiger partial charge in [0.05, 0.1) is 5.56 Å². The van der Waals surface area contributed by atoms with Crippen LogP contribution in [0.15, 0.2) is 30.4 Å². The van der Waals surface area contributed by atoms with Crippen LogP contribution in [0.1, 0.15) is 45.5 Å². The van der Waals surface area contributed by atoms with Crippen molar-refractivity contribution < 1.29 is 43.5 Å². The zero-order chi connectivity index (χ0) is 23.1. The van der Waals surface area contributed by atoms with Crippen LogP contribution in [-0.4, -0.2) is 64.3 Å². The Morgan fingerprint density at radius 2 is 1.71 bits per heavy atom. The van der Waals surface area contributed by atoms with E-state index in [9.17, 15) is 28.8 Å². The van der Waals surface area contributed by atoms with Crippen molar-refractivity contribution in [2.45, 2.75) is 26.2 Å². The second kappa shape index (κ2) is 10.3. The van der Waals surface area contributed by atoms with E-state index in [-0.39, 0.29) is 30.4 Å². The van der Waals surface area contributed by atoms with Crippen LogP contribution < -0.4 is 0 Å². The molecule has 0 aromatic heterocycles. The van der Waals surface area contributed by atoms with Crippen molar-refractivity contribution in [2.24, 2.45) is 0 Å². The molecule has 0 saturated heterocycles. The lowest BCUT2D eigenvalue weighted by molar-refractivity contribution is -0.196. The average Bonchev–Trinajstić information content (AvgIpc) is 3.04. The highest BCUT2D eigenvalue weighted by atomic mass is 16.7. The number of aryl methyl sites for hydroxylation is 1. The number of hydrogen-bond donors (Lipinski definition) is 1. The monoisotopic (exact) mass is 432 g/mol. The van der Waals surface area contributed by atoms with Crippen LogP contribution in [0, 0.1) is 6.92 Å². The Morgan fingerprint density at radius 1 is 1.06 bits per heavy atom. The van der Waals surface area contributed by atoms with Gasteiger partial charge in [-0.25, -0.2) is 9.59 Å². The van der Waals surface area contributed by atoms with Crippen LogP contribution in [-0.2, 0) is 28.9 Å². The highest BCUT2D eigenvalue weighted by Crippen LogP contribution is 2.14. The van der Waals surface area contributed by atoms with E-state index in [0.717, 1.165) is 12.2 Å². The molecule has 1 aromatic rings. The summed E-state index contributed by atoms with van der Waals surface area (Å²) in [5, 5.41) is 9.96. The van der Waals surface area contributed by atoms with Gasteiger partial charge in [-0.05, 0) is 31.0 Å². The fourth-order valence-corrected chi connectivity index (χ4v) is 2.58. The zero-order valence-corrected chi connectivity index (χ0v) is 16.8. The van der Waals surface area contributed by atoms with Gasteiger partial charge in [0.2, 0.25) is 0 Å². The number of nitrogens with zero attached hydrogens (tertiary/aromatic N) is 2. The third-order valence-electron chi connectivity index (χ3n) is 4.21. The molecule has 1 aliphatic heterocycles. The topological polar surface area (TPSA) is 148 Å². The van der Waals surface area contributed by atoms with Crippen molar-refractivity contribution in [2.75, 3.05) is 13.7 Å². The number of Topliss-reactive ketones (excluding diaryl/α,β-unsaturated/α-hetero) is 1. The van der Waals surface area contributed by atoms with Crippen molar-refractivity contribution in [3.8, 4) is 0 Å². The van der Waals surface area contributed by atoms with E-state index >= 15 is 0 Å². The lowest BCUT2D eigenvalue weighted by Gasteiger charge is -2.17. The van der Waals surface area contributed by atoms with Gasteiger partial charge < -0.3 is 14.8 Å². The predicted molar refractivity (Wildman–Crippen MR) is 102 cm³/mol. The second-order valence-electron chi connectivity index (χ2n) is 6.50. The van der Waals surface area contributed by atoms with E-state index in [2.05, 4.69) is 4.84 Å². The molecule has 0 aliphatic carbocycles. The first-order valence-corrected chi connectivity index (χ1v) is 9.14. The number of benzene rings is 1. The van der Waals surface area contributed by atoms with Crippen LogP contribution in [0.5, 0.6) is 0 Å². The van der Waals surface area contributed by atoms with Crippen molar-refractivity contribution in [3.05, 3.63) is 47.0 Å². The number of imide groups is 1. The lowest BCUT2D eigenvalue weighted by atomic mass is 10.0. The van der Waals surface area contributed by atoms with Crippen molar-refractivity contribution in [1.82, 2.24) is 10.1 Å². The van der Waals surface area contributed by atoms with E-state index < -0.39 is 42.1 Å². The molecule has 1 N–H and O–H groups in total. The molecule has 3 amide bonds. The van der Waals surface area contributed by atoms with E-state index in [0.29, 0.717) is 15.7 Å². The minimum Gasteiger partial charge on any atom is -0.388 e. The Balaban J connectivity index is 1.80. The third kappa shape index (κ3) is 6.06. The van der Waals surface area contributed by atoms with Gasteiger partial charge in [-0.1, -0.05) is 11.1 Å². The molecule has 31 heavy (non-hydrogen) atoms. The van der Waals surface area contributed by atoms with Gasteiger partial charge in [0.25, 0.3) is 17.7 Å². The maximum absolute atomic E-state index is 12.2. The van der Waals surface area contributed by atoms with Crippen molar-refractivity contribution in [3.63, 3.8) is 0 Å². The highest BCUT2D eigenvalue weighted by molar-refractivity contribution is 6.12. The van der Waals surface area contributed by atoms with E-state index in [1.54, 1.807) is 6.92 Å². The first kappa shape index (κ1) is 23.4. The molecule has 0 atom stereocenters. The molecule has 0 fully saturated rings. The molecule has 1 aromatic carbocycles. The minimum atomic E-state index is -0.870. The van der Waals surface area contributed by atoms with Gasteiger partial charge in [-0.3, -0.25) is 19.2 Å². The summed E-state index contributed by atoms with van der Waals surface area (Å²) >= 11 is 0. The van der Waals surface area contributed by atoms with E-state index in [1.807, 2.05) is 0 Å². The number of aliphatic hydroxyl groups is 1. The third-order valence-corrected chi connectivity index (χ3v) is 4.21. The normalized spacial score (nSPS) is 12.7. The Bertz CT molecular complexity index is 949. The van der Waals surface area contributed by atoms with Gasteiger partial charge in [-0.2, -0.15) is 5.06 Å². The van der Waals surface area contributed by atoms with Gasteiger partial charge in [-0.15, -0.1) is 0 Å². The summed E-state index contributed by atoms with van der Waals surface area (Å²) in [7, 11) is 1.22. The van der Waals surface area contributed by atoms with Crippen molar-refractivity contribution >= 4 is 35.4 Å². The summed E-state index contributed by atoms with van der Waals surface area (Å²) in [5.74, 6) is -4.33. The number of hydrogen-bond acceptors (Lipinski definition) is 9. The molecule has 164 valence electrons. The summed E-state index contributed by atoms with van der Waals surface area (Å²) in [5.41, 5.74) is 0.832. The molecule has 11 nitrogen and oxygen atoms in total. The standard InChI is InChI=1S/C20H20N2O9/c1-12-10-13(6-7-14(12)15(24)11-23)20(29)31-21(2)16(25)4-3-5-19(28)30-22-17(26)8-9-18(22)27/h6-10,23H,3-5,11H2,1-2H3. The van der Waals surface area contributed by atoms with Gasteiger partial charge in [0.1, 0.15) is 6.61 Å². The number of carbonyl (C=O) groups excluding carboxylic acids is 6. The quantitative estimate of drug-likeness (QED) is 0.347. The van der Waals surface area contributed by atoms with Gasteiger partial charge >= 0.3 is 11.9 Å². The average molecular weight is 432 g/mol. The maximum atomic E-state index is 12.2. The molecule has 0 unspecified atom stereocenters. The maximum Gasteiger partial charge on any atom is 0.363 e. The number of aliphatic hydroxyl groups excluding tert-OH is 1. The Morgan fingerprint density at radius 3 is 2.29 bits per heavy atom. The molecule has 0 radical (unpaired) electrons. The minimum absolute atomic E-state index is 0.0281. The SMILES string of the molecule is Cc1cc(C(=O)ON(C)C(=O)CCCC(=O)ON2C(=O)C=CC2=O)ccc1C(=O)CO. The van der Waals surface area contributed by atoms with E-state index in [4.69, 9.17) is 9.94 Å². The first-order chi connectivity index (χ1) is 14.6. The highest BCUT2D eigenvalue weighted by Gasteiger charge is 2.28. The van der Waals surface area contributed by atoms with Crippen molar-refractivity contribution in [1.29, 1.82) is 0 Å². The van der Waals surface area contributed by atoms with Gasteiger partial charge in [0.15, 0.2) is 5.78 Å². The second-order valence-corrected chi connectivity index (χ2v) is 6.50. The summed E-state index contributed by atoms with van der Waals surface area (Å²) < 4.78 is 0. The number of rotatable bonds is 8. The van der Waals surface area contributed by atoms with Crippen LogP contribution >= 0.6 is 0 Å². The Kier molecular flexibility index (Phi) is 7.75. The van der Waals surface area contributed by atoms with E-state index in [1.165, 1.54) is 25.2 Å². The molecule has 0 saturated carbocycles. The lowest BCUT2D eigenvalue weighted by Crippen LogP contribution is -2.33. The molecule has 2 rings (SSSR count). The predicted octanol–water partition coefficient (Wildman–Crippen LogP) is 0.254. The molecular weight excluding hydrogens is 412 g/mol. The summed E-state index contributed by atoms with van der Waals surface area (Å²) in [4.78, 5) is 79.7. The zero-order valence-electron chi connectivity index (χ0n) is 16.8. The molecule has 0 spiro atoms. The summed E-state index contributed by atoms with van der Waals surface area (Å²) in [6, 6.07) is 4.11. The van der Waals surface area contributed by atoms with Crippen LogP contribution in [0.2, 0.25) is 0 Å². The van der Waals surface area contributed by atoms with Crippen LogP contribution in [0.3, 0.4) is 0 Å². The number of amides is 3. The first-order valence-electron chi connectivity index (χ1n) is 9.14. The fourth-order valence-electron chi connectivity index (χ4n) is 2.58. The smallest absolute Gasteiger partial charge is 0.363 e. The number of ketones is 1. The Labute approximate surface area is 176 Å². The molecular formula is C20H20N2O9. The fraction of sp³-hybridized carbons (Fsp3) is 0.300. The summed E-state index contributed by atoms with van der Waals surface area (Å²) in [6.07, 6.45) is 1.54. The van der Waals surface area contributed by atoms with Crippen LogP contribution in [0.25, 0.3) is 0 Å². The largest absolute Gasteiger partial charge is 0.388 e. The molecule has 0 bridgehead atoms. The number of carbonyl (C=O) groups is 6. The molecule has 1 aliphatic rings. The number of hydroxylamine groups is 4. The Hall–Kier alpha value is -3.86. The molecule has 1 heterocycles. The van der Waals surface area contributed by atoms with Crippen LogP contribution in [0.4, 0.5) is 0 Å².